The number of benzene rings is 1. The molecule has 0 bridgehead atoms. The highest BCUT2D eigenvalue weighted by molar-refractivity contribution is 5.46. The van der Waals surface area contributed by atoms with Gasteiger partial charge in [-0.05, 0) is 37.7 Å². The van der Waals surface area contributed by atoms with Crippen LogP contribution in [0.25, 0.3) is 0 Å². The van der Waals surface area contributed by atoms with Gasteiger partial charge in [0.15, 0.2) is 5.60 Å². The fourth-order valence-corrected chi connectivity index (χ4v) is 3.02. The average Bonchev–Trinajstić information content (AvgIpc) is 3.18. The Morgan fingerprint density at radius 3 is 2.43 bits per heavy atom. The first-order valence-electron chi connectivity index (χ1n) is 7.53. The molecule has 0 aliphatic heterocycles. The molecule has 0 amide bonds. The monoisotopic (exact) mass is 280 g/mol. The molecule has 0 saturated heterocycles. The molecule has 21 heavy (non-hydrogen) atoms. The molecule has 2 aliphatic carbocycles. The Morgan fingerprint density at radius 1 is 1.10 bits per heavy atom. The van der Waals surface area contributed by atoms with Gasteiger partial charge in [0.25, 0.3) is 0 Å². The largest absolute Gasteiger partial charge is 0.378 e. The van der Waals surface area contributed by atoms with E-state index in [1.807, 2.05) is 48.6 Å². The van der Waals surface area contributed by atoms with Crippen LogP contribution in [0.3, 0.4) is 0 Å². The van der Waals surface area contributed by atoms with E-state index in [4.69, 9.17) is 0 Å². The predicted molar refractivity (Wildman–Crippen MR) is 83.4 cm³/mol. The highest BCUT2D eigenvalue weighted by atomic mass is 16.3. The van der Waals surface area contributed by atoms with Crippen molar-refractivity contribution in [3.8, 4) is 11.8 Å². The Balaban J connectivity index is 1.99. The zero-order valence-electron chi connectivity index (χ0n) is 12.0. The van der Waals surface area contributed by atoms with Crippen molar-refractivity contribution in [1.29, 1.82) is 0 Å². The van der Waals surface area contributed by atoms with Crippen molar-refractivity contribution in [2.75, 3.05) is 0 Å². The molecule has 0 radical (unpaired) electrons. The zero-order valence-corrected chi connectivity index (χ0v) is 12.0. The lowest BCUT2D eigenvalue weighted by Gasteiger charge is -2.25. The van der Waals surface area contributed by atoms with Gasteiger partial charge in [-0.15, -0.1) is 0 Å². The third-order valence-corrected chi connectivity index (χ3v) is 4.33. The van der Waals surface area contributed by atoms with E-state index in [2.05, 4.69) is 11.8 Å². The highest BCUT2D eigenvalue weighted by Gasteiger charge is 2.34. The van der Waals surface area contributed by atoms with Crippen LogP contribution < -0.4 is 0 Å². The molecule has 2 aliphatic rings. The average molecular weight is 280 g/mol. The van der Waals surface area contributed by atoms with E-state index in [0.29, 0.717) is 19.3 Å². The first-order valence-corrected chi connectivity index (χ1v) is 7.53. The summed E-state index contributed by atoms with van der Waals surface area (Å²) in [6, 6.07) is 9.48. The SMILES string of the molecule is OC1(C#CC(O)(C2=CC=CC2)c2ccccc2)CCCC1. The molecule has 1 aromatic rings. The van der Waals surface area contributed by atoms with Crippen molar-refractivity contribution in [1.82, 2.24) is 0 Å². The first kappa shape index (κ1) is 14.1. The Morgan fingerprint density at radius 2 is 1.81 bits per heavy atom. The first-order chi connectivity index (χ1) is 10.1. The van der Waals surface area contributed by atoms with Gasteiger partial charge < -0.3 is 10.2 Å². The molecule has 1 fully saturated rings. The van der Waals surface area contributed by atoms with E-state index >= 15 is 0 Å². The second kappa shape index (κ2) is 5.52. The Bertz CT molecular complexity index is 625. The molecule has 2 N–H and O–H groups in total. The highest BCUT2D eigenvalue weighted by Crippen LogP contribution is 2.35. The van der Waals surface area contributed by atoms with Gasteiger partial charge in [0.2, 0.25) is 0 Å². The fourth-order valence-electron chi connectivity index (χ4n) is 3.02. The number of hydrogen-bond acceptors (Lipinski definition) is 2. The van der Waals surface area contributed by atoms with Crippen LogP contribution in [0, 0.1) is 11.8 Å². The third kappa shape index (κ3) is 2.81. The molecule has 1 unspecified atom stereocenters. The lowest BCUT2D eigenvalue weighted by molar-refractivity contribution is 0.105. The van der Waals surface area contributed by atoms with E-state index in [1.165, 1.54) is 0 Å². The quantitative estimate of drug-likeness (QED) is 0.817. The summed E-state index contributed by atoms with van der Waals surface area (Å²) < 4.78 is 0. The van der Waals surface area contributed by atoms with Crippen molar-refractivity contribution >= 4 is 0 Å². The van der Waals surface area contributed by atoms with E-state index in [9.17, 15) is 10.2 Å². The molecule has 1 atom stereocenters. The number of allylic oxidation sites excluding steroid dienone is 3. The maximum absolute atomic E-state index is 11.2. The van der Waals surface area contributed by atoms with Crippen molar-refractivity contribution in [3.63, 3.8) is 0 Å². The summed E-state index contributed by atoms with van der Waals surface area (Å²) in [5.41, 5.74) is -0.629. The third-order valence-electron chi connectivity index (χ3n) is 4.33. The molecule has 0 aromatic heterocycles. The second-order valence-electron chi connectivity index (χ2n) is 5.89. The smallest absolute Gasteiger partial charge is 0.173 e. The minimum atomic E-state index is -1.32. The summed E-state index contributed by atoms with van der Waals surface area (Å²) in [6.45, 7) is 0. The molecule has 2 nitrogen and oxygen atoms in total. The molecular formula is C19H20O2. The van der Waals surface area contributed by atoms with Crippen molar-refractivity contribution in [2.45, 2.75) is 43.3 Å². The Hall–Kier alpha value is -1.82. The van der Waals surface area contributed by atoms with E-state index in [0.717, 1.165) is 24.0 Å². The maximum Gasteiger partial charge on any atom is 0.173 e. The Kier molecular flexibility index (Phi) is 3.71. The lowest BCUT2D eigenvalue weighted by atomic mass is 9.85. The van der Waals surface area contributed by atoms with Crippen LogP contribution in [-0.2, 0) is 5.60 Å². The number of aliphatic hydroxyl groups is 2. The van der Waals surface area contributed by atoms with Gasteiger partial charge in [0.05, 0.1) is 0 Å². The van der Waals surface area contributed by atoms with Gasteiger partial charge in [-0.25, -0.2) is 0 Å². The van der Waals surface area contributed by atoms with Crippen molar-refractivity contribution in [3.05, 3.63) is 59.7 Å². The zero-order chi connectivity index (χ0) is 14.8. The summed E-state index contributed by atoms with van der Waals surface area (Å²) in [5, 5.41) is 21.6. The van der Waals surface area contributed by atoms with Crippen LogP contribution in [0.5, 0.6) is 0 Å². The van der Waals surface area contributed by atoms with Gasteiger partial charge in [-0.3, -0.25) is 0 Å². The van der Waals surface area contributed by atoms with Gasteiger partial charge in [-0.1, -0.05) is 60.4 Å². The standard InChI is InChI=1S/C19H20O2/c20-18(12-6-7-13-18)14-15-19(21,17-10-4-5-11-17)16-8-2-1-3-9-16/h1-5,8-10,20-21H,6-7,11-13H2. The van der Waals surface area contributed by atoms with Crippen LogP contribution in [0.2, 0.25) is 0 Å². The molecule has 1 saturated carbocycles. The van der Waals surface area contributed by atoms with Crippen LogP contribution in [0.15, 0.2) is 54.1 Å². The topological polar surface area (TPSA) is 40.5 Å². The van der Waals surface area contributed by atoms with Crippen LogP contribution in [-0.4, -0.2) is 15.8 Å². The number of rotatable bonds is 2. The van der Waals surface area contributed by atoms with E-state index < -0.39 is 11.2 Å². The molecule has 3 rings (SSSR count). The molecule has 0 spiro atoms. The summed E-state index contributed by atoms with van der Waals surface area (Å²) in [7, 11) is 0. The summed E-state index contributed by atoms with van der Waals surface area (Å²) in [6.07, 6.45) is 9.95. The summed E-state index contributed by atoms with van der Waals surface area (Å²) in [5.74, 6) is 5.94. The minimum absolute atomic E-state index is 0.693. The van der Waals surface area contributed by atoms with Crippen LogP contribution >= 0.6 is 0 Å². The fraction of sp³-hybridized carbons (Fsp3) is 0.368. The molecule has 2 heteroatoms. The van der Waals surface area contributed by atoms with Gasteiger partial charge in [0, 0.05) is 5.56 Å². The molecule has 108 valence electrons. The number of hydrogen-bond donors (Lipinski definition) is 2. The second-order valence-corrected chi connectivity index (χ2v) is 5.89. The molecular weight excluding hydrogens is 260 g/mol. The van der Waals surface area contributed by atoms with Crippen LogP contribution in [0.4, 0.5) is 0 Å². The van der Waals surface area contributed by atoms with Gasteiger partial charge >= 0.3 is 0 Å². The lowest BCUT2D eigenvalue weighted by Crippen LogP contribution is -2.28. The summed E-state index contributed by atoms with van der Waals surface area (Å²) >= 11 is 0. The summed E-state index contributed by atoms with van der Waals surface area (Å²) in [4.78, 5) is 0. The normalized spacial score (nSPS) is 22.3. The Labute approximate surface area is 125 Å². The molecule has 0 heterocycles. The predicted octanol–water partition coefficient (Wildman–Crippen LogP) is 3.07. The van der Waals surface area contributed by atoms with Gasteiger partial charge in [0.1, 0.15) is 5.60 Å². The van der Waals surface area contributed by atoms with Gasteiger partial charge in [-0.2, -0.15) is 0 Å². The minimum Gasteiger partial charge on any atom is -0.378 e. The van der Waals surface area contributed by atoms with Crippen LogP contribution in [0.1, 0.15) is 37.7 Å². The van der Waals surface area contributed by atoms with E-state index in [-0.39, 0.29) is 0 Å². The van der Waals surface area contributed by atoms with Crippen molar-refractivity contribution in [2.24, 2.45) is 0 Å². The van der Waals surface area contributed by atoms with E-state index in [1.54, 1.807) is 0 Å². The van der Waals surface area contributed by atoms with Crippen molar-refractivity contribution < 1.29 is 10.2 Å². The molecule has 1 aromatic carbocycles. The maximum atomic E-state index is 11.2.